The van der Waals surface area contributed by atoms with Crippen molar-refractivity contribution in [1.82, 2.24) is 15.2 Å². The Balaban J connectivity index is 2.39. The average molecular weight is 230 g/mol. The molecule has 1 heterocycles. The van der Waals surface area contributed by atoms with Gasteiger partial charge in [0.2, 0.25) is 0 Å². The third-order valence-electron chi connectivity index (χ3n) is 2.19. The minimum absolute atomic E-state index is 0.00106. The van der Waals surface area contributed by atoms with Crippen molar-refractivity contribution >= 4 is 5.97 Å². The van der Waals surface area contributed by atoms with Gasteiger partial charge in [0, 0.05) is 5.56 Å². The first-order valence-electron chi connectivity index (χ1n) is 4.92. The van der Waals surface area contributed by atoms with Crippen LogP contribution < -0.4 is 5.73 Å². The first kappa shape index (κ1) is 11.2. The number of carboxylic acid groups (broad SMARTS) is 1. The van der Waals surface area contributed by atoms with Crippen LogP contribution >= 0.6 is 0 Å². The van der Waals surface area contributed by atoms with Crippen molar-refractivity contribution in [3.05, 3.63) is 42.4 Å². The lowest BCUT2D eigenvalue weighted by molar-refractivity contribution is -0.138. The third kappa shape index (κ3) is 2.43. The summed E-state index contributed by atoms with van der Waals surface area (Å²) in [6.45, 7) is 0. The third-order valence-corrected chi connectivity index (χ3v) is 2.19. The van der Waals surface area contributed by atoms with Gasteiger partial charge in [-0.3, -0.25) is 4.79 Å². The highest BCUT2D eigenvalue weighted by atomic mass is 16.4. The summed E-state index contributed by atoms with van der Waals surface area (Å²) in [4.78, 5) is 14.8. The number of aromatic nitrogens is 3. The van der Waals surface area contributed by atoms with Crippen molar-refractivity contribution in [2.45, 2.75) is 6.04 Å². The van der Waals surface area contributed by atoms with Crippen LogP contribution in [0.15, 0.2) is 36.5 Å². The molecule has 1 aromatic heterocycles. The number of rotatable bonds is 3. The fraction of sp³-hybridized carbons (Fsp3) is 0.0909. The van der Waals surface area contributed by atoms with Crippen LogP contribution in [0.4, 0.5) is 0 Å². The SMILES string of the molecule is NC(C(=O)O)c1nncc(-c2ccccc2)n1. The van der Waals surface area contributed by atoms with Crippen molar-refractivity contribution < 1.29 is 9.90 Å². The number of carboxylic acids is 1. The molecule has 0 aliphatic rings. The van der Waals surface area contributed by atoms with E-state index in [-0.39, 0.29) is 5.82 Å². The molecule has 2 rings (SSSR count). The van der Waals surface area contributed by atoms with Crippen LogP contribution in [0.5, 0.6) is 0 Å². The van der Waals surface area contributed by atoms with E-state index in [9.17, 15) is 4.79 Å². The van der Waals surface area contributed by atoms with Gasteiger partial charge in [-0.25, -0.2) is 4.98 Å². The maximum absolute atomic E-state index is 10.7. The van der Waals surface area contributed by atoms with Crippen LogP contribution in [0.25, 0.3) is 11.3 Å². The van der Waals surface area contributed by atoms with Crippen LogP contribution in [0.1, 0.15) is 11.9 Å². The molecule has 17 heavy (non-hydrogen) atoms. The van der Waals surface area contributed by atoms with Crippen molar-refractivity contribution in [3.8, 4) is 11.3 Å². The molecule has 3 N–H and O–H groups in total. The molecule has 0 bridgehead atoms. The second-order valence-corrected chi connectivity index (χ2v) is 3.38. The lowest BCUT2D eigenvalue weighted by atomic mass is 10.1. The second kappa shape index (κ2) is 4.67. The van der Waals surface area contributed by atoms with Crippen LogP contribution in [0.2, 0.25) is 0 Å². The molecule has 6 nitrogen and oxygen atoms in total. The molecule has 2 aromatic rings. The Morgan fingerprint density at radius 2 is 2.00 bits per heavy atom. The van der Waals surface area contributed by atoms with E-state index >= 15 is 0 Å². The summed E-state index contributed by atoms with van der Waals surface area (Å²) in [5.41, 5.74) is 6.80. The van der Waals surface area contributed by atoms with Gasteiger partial charge in [-0.1, -0.05) is 30.3 Å². The summed E-state index contributed by atoms with van der Waals surface area (Å²) in [5.74, 6) is -1.18. The Bertz CT molecular complexity index is 530. The molecule has 6 heteroatoms. The highest BCUT2D eigenvalue weighted by molar-refractivity contribution is 5.74. The number of hydrogen-bond donors (Lipinski definition) is 2. The van der Waals surface area contributed by atoms with Gasteiger partial charge in [-0.05, 0) is 0 Å². The Kier molecular flexibility index (Phi) is 3.06. The Labute approximate surface area is 97.1 Å². The van der Waals surface area contributed by atoms with E-state index in [2.05, 4.69) is 15.2 Å². The van der Waals surface area contributed by atoms with Gasteiger partial charge >= 0.3 is 5.97 Å². The van der Waals surface area contributed by atoms with E-state index in [0.717, 1.165) is 5.56 Å². The van der Waals surface area contributed by atoms with Gasteiger partial charge in [0.1, 0.15) is 0 Å². The summed E-state index contributed by atoms with van der Waals surface area (Å²) < 4.78 is 0. The number of carbonyl (C=O) groups is 1. The standard InChI is InChI=1S/C11H10N4O2/c12-9(11(16)17)10-14-8(6-13-15-10)7-4-2-1-3-5-7/h1-6,9H,12H2,(H,16,17). The smallest absolute Gasteiger partial charge is 0.328 e. The summed E-state index contributed by atoms with van der Waals surface area (Å²) in [6, 6.07) is 8.02. The molecule has 0 radical (unpaired) electrons. The van der Waals surface area contributed by atoms with Crippen LogP contribution in [-0.2, 0) is 4.79 Å². The maximum Gasteiger partial charge on any atom is 0.328 e. The van der Waals surface area contributed by atoms with Gasteiger partial charge in [-0.15, -0.1) is 5.10 Å². The second-order valence-electron chi connectivity index (χ2n) is 3.38. The lowest BCUT2D eigenvalue weighted by Gasteiger charge is -2.05. The quantitative estimate of drug-likeness (QED) is 0.801. The number of nitrogens with zero attached hydrogens (tertiary/aromatic N) is 3. The number of benzene rings is 1. The van der Waals surface area contributed by atoms with Crippen molar-refractivity contribution in [3.63, 3.8) is 0 Å². The molecule has 0 saturated carbocycles. The fourth-order valence-electron chi connectivity index (χ4n) is 1.31. The van der Waals surface area contributed by atoms with Gasteiger partial charge in [0.05, 0.1) is 11.9 Å². The molecule has 0 saturated heterocycles. The zero-order valence-corrected chi connectivity index (χ0v) is 8.82. The maximum atomic E-state index is 10.7. The number of nitrogens with two attached hydrogens (primary N) is 1. The molecule has 1 aromatic carbocycles. The minimum atomic E-state index is -1.26. The van der Waals surface area contributed by atoms with Crippen LogP contribution in [-0.4, -0.2) is 26.3 Å². The van der Waals surface area contributed by atoms with E-state index in [0.29, 0.717) is 5.69 Å². The number of hydrogen-bond acceptors (Lipinski definition) is 5. The van der Waals surface area contributed by atoms with Crippen molar-refractivity contribution in [2.75, 3.05) is 0 Å². The summed E-state index contributed by atoms with van der Waals surface area (Å²) >= 11 is 0. The lowest BCUT2D eigenvalue weighted by Crippen LogP contribution is -2.23. The Hall–Kier alpha value is -2.34. The predicted molar refractivity (Wildman–Crippen MR) is 59.8 cm³/mol. The topological polar surface area (TPSA) is 102 Å². The molecule has 0 aliphatic heterocycles. The van der Waals surface area contributed by atoms with Gasteiger partial charge in [0.15, 0.2) is 11.9 Å². The van der Waals surface area contributed by atoms with E-state index in [1.165, 1.54) is 6.20 Å². The summed E-state index contributed by atoms with van der Waals surface area (Å²) in [7, 11) is 0. The van der Waals surface area contributed by atoms with E-state index in [1.807, 2.05) is 30.3 Å². The molecule has 0 fully saturated rings. The molecule has 0 aliphatic carbocycles. The molecular formula is C11H10N4O2. The largest absolute Gasteiger partial charge is 0.480 e. The molecule has 0 spiro atoms. The first-order valence-corrected chi connectivity index (χ1v) is 4.92. The van der Waals surface area contributed by atoms with E-state index in [4.69, 9.17) is 10.8 Å². The normalized spacial score (nSPS) is 12.1. The monoisotopic (exact) mass is 230 g/mol. The molecule has 86 valence electrons. The molecular weight excluding hydrogens is 220 g/mol. The molecule has 0 amide bonds. The van der Waals surface area contributed by atoms with Crippen molar-refractivity contribution in [1.29, 1.82) is 0 Å². The zero-order valence-electron chi connectivity index (χ0n) is 8.82. The van der Waals surface area contributed by atoms with Gasteiger partial charge < -0.3 is 10.8 Å². The van der Waals surface area contributed by atoms with Crippen LogP contribution in [0.3, 0.4) is 0 Å². The number of aliphatic carboxylic acids is 1. The summed E-state index contributed by atoms with van der Waals surface area (Å²) in [5, 5.41) is 16.1. The highest BCUT2D eigenvalue weighted by Gasteiger charge is 2.18. The molecule has 1 atom stereocenters. The molecule has 1 unspecified atom stereocenters. The highest BCUT2D eigenvalue weighted by Crippen LogP contribution is 2.15. The average Bonchev–Trinajstić information content (AvgIpc) is 2.39. The van der Waals surface area contributed by atoms with E-state index < -0.39 is 12.0 Å². The van der Waals surface area contributed by atoms with E-state index in [1.54, 1.807) is 0 Å². The Morgan fingerprint density at radius 3 is 2.65 bits per heavy atom. The van der Waals surface area contributed by atoms with Crippen LogP contribution in [0, 0.1) is 0 Å². The van der Waals surface area contributed by atoms with Gasteiger partial charge in [0.25, 0.3) is 0 Å². The fourth-order valence-corrected chi connectivity index (χ4v) is 1.31. The minimum Gasteiger partial charge on any atom is -0.480 e. The Morgan fingerprint density at radius 1 is 1.29 bits per heavy atom. The van der Waals surface area contributed by atoms with Crippen molar-refractivity contribution in [2.24, 2.45) is 5.73 Å². The first-order chi connectivity index (χ1) is 8.18. The van der Waals surface area contributed by atoms with Gasteiger partial charge in [-0.2, -0.15) is 5.10 Å². The zero-order chi connectivity index (χ0) is 12.3. The predicted octanol–water partition coefficient (Wildman–Crippen LogP) is 0.623. The summed E-state index contributed by atoms with van der Waals surface area (Å²) in [6.07, 6.45) is 1.47.